The number of fused-ring (bicyclic) bond motifs is 3. The van der Waals surface area contributed by atoms with Crippen molar-refractivity contribution in [1.29, 1.82) is 5.41 Å². The number of para-hydroxylation sites is 1. The summed E-state index contributed by atoms with van der Waals surface area (Å²) in [6.07, 6.45) is 5.84. The van der Waals surface area contributed by atoms with Crippen molar-refractivity contribution in [3.63, 3.8) is 0 Å². The minimum Gasteiger partial charge on any atom is -0.339 e. The highest BCUT2D eigenvalue weighted by Gasteiger charge is 2.26. The van der Waals surface area contributed by atoms with Crippen LogP contribution >= 0.6 is 0 Å². The SMILES string of the molecule is Cc1ccc(S(=O)(=O)c2nc3c4ccccc4[nH]c3n(CC3CCCCC3)c2=N)cc1. The Bertz CT molecular complexity index is 1430. The molecular formula is C24H26N4O2S. The highest BCUT2D eigenvalue weighted by molar-refractivity contribution is 7.91. The molecule has 0 atom stereocenters. The second-order valence-corrected chi connectivity index (χ2v) is 10.4. The van der Waals surface area contributed by atoms with Gasteiger partial charge in [-0.05, 0) is 43.9 Å². The van der Waals surface area contributed by atoms with Gasteiger partial charge in [-0.3, -0.25) is 5.41 Å². The second kappa shape index (κ2) is 7.64. The van der Waals surface area contributed by atoms with Gasteiger partial charge in [-0.15, -0.1) is 0 Å². The molecule has 1 aliphatic rings. The van der Waals surface area contributed by atoms with Crippen LogP contribution in [0.5, 0.6) is 0 Å². The molecular weight excluding hydrogens is 408 g/mol. The predicted octanol–water partition coefficient (Wildman–Crippen LogP) is 4.72. The molecule has 2 aromatic carbocycles. The quantitative estimate of drug-likeness (QED) is 0.487. The van der Waals surface area contributed by atoms with Gasteiger partial charge in [-0.1, -0.05) is 55.2 Å². The highest BCUT2D eigenvalue weighted by atomic mass is 32.2. The lowest BCUT2D eigenvalue weighted by Crippen LogP contribution is -2.31. The maximum atomic E-state index is 13.5. The van der Waals surface area contributed by atoms with Gasteiger partial charge in [0.25, 0.3) is 0 Å². The lowest BCUT2D eigenvalue weighted by atomic mass is 9.89. The minimum absolute atomic E-state index is 0.0507. The molecule has 0 saturated heterocycles. The number of aromatic nitrogens is 3. The predicted molar refractivity (Wildman–Crippen MR) is 121 cm³/mol. The number of rotatable bonds is 4. The largest absolute Gasteiger partial charge is 0.339 e. The van der Waals surface area contributed by atoms with E-state index in [0.29, 0.717) is 18.0 Å². The fourth-order valence-electron chi connectivity index (χ4n) is 4.63. The van der Waals surface area contributed by atoms with Crippen molar-refractivity contribution >= 4 is 31.9 Å². The van der Waals surface area contributed by atoms with Gasteiger partial charge in [0.15, 0.2) is 5.49 Å². The molecule has 0 aliphatic heterocycles. The standard InChI is InChI=1S/C24H26N4O2S/c1-16-11-13-18(14-12-16)31(29,30)24-22(25)28(15-17-7-3-2-4-8-17)23-21(27-24)19-9-5-6-10-20(19)26-23/h5-6,9-14,17,25-26H,2-4,7-8,15H2,1H3. The maximum absolute atomic E-state index is 13.5. The van der Waals surface area contributed by atoms with Crippen molar-refractivity contribution in [2.45, 2.75) is 55.5 Å². The van der Waals surface area contributed by atoms with Gasteiger partial charge >= 0.3 is 0 Å². The minimum atomic E-state index is -3.92. The zero-order valence-electron chi connectivity index (χ0n) is 17.6. The molecule has 0 radical (unpaired) electrons. The first-order chi connectivity index (χ1) is 14.9. The first-order valence-electron chi connectivity index (χ1n) is 10.8. The Balaban J connectivity index is 1.76. The topological polar surface area (TPSA) is 91.6 Å². The number of hydrogen-bond acceptors (Lipinski definition) is 4. The number of aryl methyl sites for hydroxylation is 1. The van der Waals surface area contributed by atoms with Gasteiger partial charge in [0.1, 0.15) is 11.2 Å². The van der Waals surface area contributed by atoms with E-state index in [9.17, 15) is 8.42 Å². The zero-order chi connectivity index (χ0) is 21.6. The second-order valence-electron chi connectivity index (χ2n) is 8.56. The third kappa shape index (κ3) is 3.47. The summed E-state index contributed by atoms with van der Waals surface area (Å²) in [5.74, 6) is 0.440. The van der Waals surface area contributed by atoms with E-state index in [1.54, 1.807) is 24.3 Å². The van der Waals surface area contributed by atoms with Crippen molar-refractivity contribution in [2.75, 3.05) is 0 Å². The molecule has 1 aliphatic carbocycles. The molecule has 2 N–H and O–H groups in total. The van der Waals surface area contributed by atoms with E-state index in [-0.39, 0.29) is 15.4 Å². The summed E-state index contributed by atoms with van der Waals surface area (Å²) in [6, 6.07) is 14.5. The van der Waals surface area contributed by atoms with Crippen LogP contribution in [0.3, 0.4) is 0 Å². The molecule has 2 heterocycles. The molecule has 160 valence electrons. The summed E-state index contributed by atoms with van der Waals surface area (Å²) in [6.45, 7) is 2.54. The Hall–Kier alpha value is -2.93. The molecule has 0 amide bonds. The summed E-state index contributed by atoms with van der Waals surface area (Å²) in [5, 5.41) is 9.56. The molecule has 31 heavy (non-hydrogen) atoms. The van der Waals surface area contributed by atoms with E-state index in [0.717, 1.165) is 35.0 Å². The van der Waals surface area contributed by atoms with Crippen LogP contribution < -0.4 is 5.49 Å². The fourth-order valence-corrected chi connectivity index (χ4v) is 5.92. The smallest absolute Gasteiger partial charge is 0.227 e. The average molecular weight is 435 g/mol. The van der Waals surface area contributed by atoms with E-state index >= 15 is 0 Å². The molecule has 1 saturated carbocycles. The third-order valence-electron chi connectivity index (χ3n) is 6.37. The zero-order valence-corrected chi connectivity index (χ0v) is 18.4. The summed E-state index contributed by atoms with van der Waals surface area (Å²) >= 11 is 0. The monoisotopic (exact) mass is 434 g/mol. The van der Waals surface area contributed by atoms with Crippen LogP contribution in [-0.4, -0.2) is 23.0 Å². The molecule has 7 heteroatoms. The number of sulfone groups is 1. The van der Waals surface area contributed by atoms with Crippen molar-refractivity contribution in [1.82, 2.24) is 14.5 Å². The summed E-state index contributed by atoms with van der Waals surface area (Å²) < 4.78 is 28.8. The van der Waals surface area contributed by atoms with Gasteiger partial charge < -0.3 is 9.55 Å². The van der Waals surface area contributed by atoms with Crippen molar-refractivity contribution < 1.29 is 8.42 Å². The summed E-state index contributed by atoms with van der Waals surface area (Å²) in [5.41, 5.74) is 3.15. The van der Waals surface area contributed by atoms with Crippen molar-refractivity contribution in [2.24, 2.45) is 5.92 Å². The Labute approximate surface area is 181 Å². The first-order valence-corrected chi connectivity index (χ1v) is 12.3. The lowest BCUT2D eigenvalue weighted by Gasteiger charge is -2.23. The normalized spacial score (nSPS) is 15.6. The van der Waals surface area contributed by atoms with Crippen LogP contribution in [0.2, 0.25) is 0 Å². The number of benzene rings is 2. The number of nitrogens with zero attached hydrogens (tertiary/aromatic N) is 2. The van der Waals surface area contributed by atoms with E-state index in [4.69, 9.17) is 5.41 Å². The molecule has 0 unspecified atom stereocenters. The summed E-state index contributed by atoms with van der Waals surface area (Å²) in [4.78, 5) is 8.12. The van der Waals surface area contributed by atoms with Crippen LogP contribution in [0.15, 0.2) is 58.5 Å². The van der Waals surface area contributed by atoms with Gasteiger partial charge in [-0.2, -0.15) is 0 Å². The highest BCUT2D eigenvalue weighted by Crippen LogP contribution is 2.29. The van der Waals surface area contributed by atoms with Gasteiger partial charge in [0.2, 0.25) is 14.9 Å². The number of hydrogen-bond donors (Lipinski definition) is 2. The van der Waals surface area contributed by atoms with Crippen LogP contribution in [0.1, 0.15) is 37.7 Å². The maximum Gasteiger partial charge on any atom is 0.227 e. The van der Waals surface area contributed by atoms with Crippen molar-refractivity contribution in [3.05, 3.63) is 59.6 Å². The average Bonchev–Trinajstić information content (AvgIpc) is 3.15. The van der Waals surface area contributed by atoms with Gasteiger partial charge in [0.05, 0.1) is 4.90 Å². The number of aromatic amines is 1. The van der Waals surface area contributed by atoms with Crippen LogP contribution in [0.25, 0.3) is 22.1 Å². The molecule has 0 spiro atoms. The lowest BCUT2D eigenvalue weighted by molar-refractivity contribution is 0.316. The molecule has 1 fully saturated rings. The Morgan fingerprint density at radius 1 is 1.06 bits per heavy atom. The Kier molecular flexibility index (Phi) is 4.93. The number of H-pyrrole nitrogens is 1. The van der Waals surface area contributed by atoms with E-state index < -0.39 is 9.84 Å². The van der Waals surface area contributed by atoms with Crippen molar-refractivity contribution in [3.8, 4) is 0 Å². The van der Waals surface area contributed by atoms with Gasteiger partial charge in [-0.25, -0.2) is 13.4 Å². The van der Waals surface area contributed by atoms with Crippen LogP contribution in [-0.2, 0) is 16.4 Å². The van der Waals surface area contributed by atoms with E-state index in [1.165, 1.54) is 19.3 Å². The molecule has 4 aromatic rings. The molecule has 0 bridgehead atoms. The van der Waals surface area contributed by atoms with E-state index in [2.05, 4.69) is 9.97 Å². The number of nitrogens with one attached hydrogen (secondary N) is 2. The molecule has 2 aromatic heterocycles. The third-order valence-corrected chi connectivity index (χ3v) is 8.05. The van der Waals surface area contributed by atoms with Crippen LogP contribution in [0, 0.1) is 18.3 Å². The molecule has 6 nitrogen and oxygen atoms in total. The Morgan fingerprint density at radius 3 is 2.52 bits per heavy atom. The van der Waals surface area contributed by atoms with Crippen LogP contribution in [0.4, 0.5) is 0 Å². The van der Waals surface area contributed by atoms with E-state index in [1.807, 2.05) is 35.8 Å². The molecule has 5 rings (SSSR count). The Morgan fingerprint density at radius 2 is 1.77 bits per heavy atom. The van der Waals surface area contributed by atoms with Gasteiger partial charge in [0, 0.05) is 17.4 Å². The summed E-state index contributed by atoms with van der Waals surface area (Å²) in [7, 11) is -3.92. The first kappa shape index (κ1) is 20.0. The fraction of sp³-hybridized carbons (Fsp3) is 0.333.